The minimum atomic E-state index is -0.544. The number of nitrogens with zero attached hydrogens (tertiary/aromatic N) is 2. The molecular weight excluding hydrogens is 296 g/mol. The SMILES string of the molecule is C[C@@H](N)c1ccc(-n2ccc(C(N)=O)n2)c(Br)c1. The molecule has 6 heteroatoms. The third kappa shape index (κ3) is 2.44. The number of hydrogen-bond donors (Lipinski definition) is 2. The lowest BCUT2D eigenvalue weighted by atomic mass is 10.1. The molecule has 0 fully saturated rings. The maximum atomic E-state index is 11.0. The number of nitrogens with two attached hydrogens (primary N) is 2. The molecule has 0 unspecified atom stereocenters. The first-order valence-corrected chi connectivity index (χ1v) is 6.19. The van der Waals surface area contributed by atoms with E-state index in [9.17, 15) is 4.79 Å². The van der Waals surface area contributed by atoms with E-state index in [0.717, 1.165) is 15.7 Å². The molecule has 1 amide bonds. The summed E-state index contributed by atoms with van der Waals surface area (Å²) < 4.78 is 2.45. The summed E-state index contributed by atoms with van der Waals surface area (Å²) in [6, 6.07) is 7.30. The summed E-state index contributed by atoms with van der Waals surface area (Å²) in [6.45, 7) is 1.92. The van der Waals surface area contributed by atoms with Crippen molar-refractivity contribution in [1.29, 1.82) is 0 Å². The van der Waals surface area contributed by atoms with Gasteiger partial charge in [0.05, 0.1) is 5.69 Å². The average Bonchev–Trinajstić information content (AvgIpc) is 2.78. The second-order valence-corrected chi connectivity index (χ2v) is 4.86. The summed E-state index contributed by atoms with van der Waals surface area (Å²) in [5.74, 6) is -0.544. The Morgan fingerprint density at radius 2 is 2.17 bits per heavy atom. The van der Waals surface area contributed by atoms with Crippen molar-refractivity contribution in [2.75, 3.05) is 0 Å². The fraction of sp³-hybridized carbons (Fsp3) is 0.167. The van der Waals surface area contributed by atoms with E-state index < -0.39 is 5.91 Å². The molecule has 1 atom stereocenters. The number of primary amides is 1. The van der Waals surface area contributed by atoms with Crippen LogP contribution in [0, 0.1) is 0 Å². The molecule has 0 saturated carbocycles. The van der Waals surface area contributed by atoms with Crippen LogP contribution in [0.4, 0.5) is 0 Å². The first-order valence-electron chi connectivity index (χ1n) is 5.40. The standard InChI is InChI=1S/C12H13BrN4O/c1-7(14)8-2-3-11(9(13)6-8)17-5-4-10(16-17)12(15)18/h2-7H,14H2,1H3,(H2,15,18)/t7-/m1/s1. The van der Waals surface area contributed by atoms with Crippen LogP contribution in [0.5, 0.6) is 0 Å². The average molecular weight is 309 g/mol. The molecule has 4 N–H and O–H groups in total. The quantitative estimate of drug-likeness (QED) is 0.905. The zero-order valence-electron chi connectivity index (χ0n) is 9.80. The molecule has 0 bridgehead atoms. The van der Waals surface area contributed by atoms with Crippen LogP contribution >= 0.6 is 15.9 Å². The predicted octanol–water partition coefficient (Wildman–Crippen LogP) is 1.75. The van der Waals surface area contributed by atoms with Gasteiger partial charge < -0.3 is 11.5 Å². The van der Waals surface area contributed by atoms with Crippen molar-refractivity contribution in [1.82, 2.24) is 9.78 Å². The van der Waals surface area contributed by atoms with Gasteiger partial charge in [-0.2, -0.15) is 5.10 Å². The highest BCUT2D eigenvalue weighted by molar-refractivity contribution is 9.10. The molecule has 1 heterocycles. The maximum absolute atomic E-state index is 11.0. The van der Waals surface area contributed by atoms with Crippen molar-refractivity contribution < 1.29 is 4.79 Å². The zero-order valence-corrected chi connectivity index (χ0v) is 11.4. The van der Waals surface area contributed by atoms with Crippen LogP contribution in [-0.2, 0) is 0 Å². The molecule has 1 aromatic carbocycles. The van der Waals surface area contributed by atoms with Crippen LogP contribution in [0.25, 0.3) is 5.69 Å². The molecule has 0 radical (unpaired) electrons. The van der Waals surface area contributed by atoms with Crippen LogP contribution in [0.3, 0.4) is 0 Å². The molecule has 0 spiro atoms. The van der Waals surface area contributed by atoms with Gasteiger partial charge in [0.15, 0.2) is 0 Å². The smallest absolute Gasteiger partial charge is 0.269 e. The van der Waals surface area contributed by atoms with Crippen molar-refractivity contribution >= 4 is 21.8 Å². The Morgan fingerprint density at radius 3 is 2.67 bits per heavy atom. The van der Waals surface area contributed by atoms with Gasteiger partial charge in [0.1, 0.15) is 5.69 Å². The number of rotatable bonds is 3. The summed E-state index contributed by atoms with van der Waals surface area (Å²) in [5, 5.41) is 4.10. The normalized spacial score (nSPS) is 12.4. The molecule has 0 aliphatic carbocycles. The van der Waals surface area contributed by atoms with E-state index in [1.165, 1.54) is 0 Å². The first kappa shape index (κ1) is 12.8. The number of hydrogen-bond acceptors (Lipinski definition) is 3. The van der Waals surface area contributed by atoms with Gasteiger partial charge in [-0.25, -0.2) is 4.68 Å². The minimum Gasteiger partial charge on any atom is -0.364 e. The number of carbonyl (C=O) groups excluding carboxylic acids is 1. The topological polar surface area (TPSA) is 86.9 Å². The largest absolute Gasteiger partial charge is 0.364 e. The number of halogens is 1. The van der Waals surface area contributed by atoms with Crippen LogP contribution in [0.2, 0.25) is 0 Å². The van der Waals surface area contributed by atoms with Crippen LogP contribution in [0.15, 0.2) is 34.9 Å². The lowest BCUT2D eigenvalue weighted by molar-refractivity contribution is 0.0995. The van der Waals surface area contributed by atoms with E-state index in [0.29, 0.717) is 0 Å². The molecule has 2 rings (SSSR count). The Balaban J connectivity index is 2.41. The summed E-state index contributed by atoms with van der Waals surface area (Å²) in [6.07, 6.45) is 1.69. The van der Waals surface area contributed by atoms with Crippen molar-refractivity contribution in [2.45, 2.75) is 13.0 Å². The fourth-order valence-electron chi connectivity index (χ4n) is 1.58. The molecule has 94 valence electrons. The monoisotopic (exact) mass is 308 g/mol. The highest BCUT2D eigenvalue weighted by Gasteiger charge is 2.09. The fourth-order valence-corrected chi connectivity index (χ4v) is 2.16. The Bertz CT molecular complexity index is 592. The van der Waals surface area contributed by atoms with Gasteiger partial charge in [-0.1, -0.05) is 6.07 Å². The van der Waals surface area contributed by atoms with Gasteiger partial charge in [0.2, 0.25) is 0 Å². The summed E-state index contributed by atoms with van der Waals surface area (Å²) in [5.41, 5.74) is 13.1. The first-order chi connectivity index (χ1) is 8.49. The maximum Gasteiger partial charge on any atom is 0.269 e. The molecule has 18 heavy (non-hydrogen) atoms. The van der Waals surface area contributed by atoms with Gasteiger partial charge in [0.25, 0.3) is 5.91 Å². The van der Waals surface area contributed by atoms with Crippen molar-refractivity contribution in [3.8, 4) is 5.69 Å². The summed E-state index contributed by atoms with van der Waals surface area (Å²) in [4.78, 5) is 11.0. The van der Waals surface area contributed by atoms with Gasteiger partial charge in [-0.3, -0.25) is 4.79 Å². The molecule has 5 nitrogen and oxygen atoms in total. The number of amides is 1. The van der Waals surface area contributed by atoms with Crippen LogP contribution in [0.1, 0.15) is 29.0 Å². The Kier molecular flexibility index (Phi) is 3.49. The number of aromatic nitrogens is 2. The number of carbonyl (C=O) groups is 1. The molecule has 0 aliphatic rings. The third-order valence-corrected chi connectivity index (χ3v) is 3.22. The number of benzene rings is 1. The van der Waals surface area contributed by atoms with E-state index in [2.05, 4.69) is 21.0 Å². The molecule has 0 saturated heterocycles. The molecule has 0 aliphatic heterocycles. The zero-order chi connectivity index (χ0) is 13.3. The lowest BCUT2D eigenvalue weighted by Crippen LogP contribution is -2.12. The highest BCUT2D eigenvalue weighted by atomic mass is 79.9. The van der Waals surface area contributed by atoms with Crippen LogP contribution < -0.4 is 11.5 Å². The van der Waals surface area contributed by atoms with E-state index in [1.807, 2.05) is 25.1 Å². The van der Waals surface area contributed by atoms with Gasteiger partial charge in [0, 0.05) is 16.7 Å². The second-order valence-electron chi connectivity index (χ2n) is 4.01. The third-order valence-electron chi connectivity index (χ3n) is 2.59. The van der Waals surface area contributed by atoms with E-state index in [4.69, 9.17) is 11.5 Å². The Hall–Kier alpha value is -1.66. The van der Waals surface area contributed by atoms with Gasteiger partial charge in [-0.15, -0.1) is 0 Å². The van der Waals surface area contributed by atoms with Crippen molar-refractivity contribution in [3.63, 3.8) is 0 Å². The van der Waals surface area contributed by atoms with E-state index >= 15 is 0 Å². The van der Waals surface area contributed by atoms with E-state index in [1.54, 1.807) is 16.9 Å². The Morgan fingerprint density at radius 1 is 1.44 bits per heavy atom. The molecule has 2 aromatic rings. The van der Waals surface area contributed by atoms with Gasteiger partial charge >= 0.3 is 0 Å². The lowest BCUT2D eigenvalue weighted by Gasteiger charge is -2.09. The minimum absolute atomic E-state index is 0.0332. The summed E-state index contributed by atoms with van der Waals surface area (Å²) in [7, 11) is 0. The predicted molar refractivity (Wildman–Crippen MR) is 72.4 cm³/mol. The van der Waals surface area contributed by atoms with Gasteiger partial charge in [-0.05, 0) is 46.6 Å². The second kappa shape index (κ2) is 4.91. The molecule has 1 aromatic heterocycles. The molecular formula is C12H13BrN4O. The summed E-state index contributed by atoms with van der Waals surface area (Å²) >= 11 is 3.47. The van der Waals surface area contributed by atoms with Crippen molar-refractivity contribution in [3.05, 3.63) is 46.2 Å². The van der Waals surface area contributed by atoms with E-state index in [-0.39, 0.29) is 11.7 Å². The Labute approximate surface area is 113 Å². The highest BCUT2D eigenvalue weighted by Crippen LogP contribution is 2.24. The van der Waals surface area contributed by atoms with Crippen molar-refractivity contribution in [2.24, 2.45) is 11.5 Å². The van der Waals surface area contributed by atoms with Crippen LogP contribution in [-0.4, -0.2) is 15.7 Å².